The Hall–Kier alpha value is -2.67. The van der Waals surface area contributed by atoms with Gasteiger partial charge in [-0.2, -0.15) is 4.52 Å². The molecule has 1 aliphatic heterocycles. The van der Waals surface area contributed by atoms with Gasteiger partial charge in [0, 0.05) is 31.1 Å². The molecule has 0 bridgehead atoms. The number of hydrogen-bond donors (Lipinski definition) is 1. The van der Waals surface area contributed by atoms with Crippen LogP contribution < -0.4 is 10.2 Å². The van der Waals surface area contributed by atoms with Crippen molar-refractivity contribution < 1.29 is 4.79 Å². The summed E-state index contributed by atoms with van der Waals surface area (Å²) >= 11 is 6.33. The summed E-state index contributed by atoms with van der Waals surface area (Å²) in [7, 11) is 0. The first-order valence-corrected chi connectivity index (χ1v) is 10.0. The molecule has 0 aliphatic carbocycles. The molecule has 1 fully saturated rings. The van der Waals surface area contributed by atoms with Gasteiger partial charge in [-0.15, -0.1) is 15.3 Å². The largest absolute Gasteiger partial charge is 0.356 e. The van der Waals surface area contributed by atoms with Crippen molar-refractivity contribution in [3.63, 3.8) is 0 Å². The van der Waals surface area contributed by atoms with Crippen LogP contribution in [0.5, 0.6) is 0 Å². The van der Waals surface area contributed by atoms with E-state index in [-0.39, 0.29) is 11.8 Å². The standard InChI is InChI=1S/C20H23ClN6O/c1-2-11-22-20(28)14-9-12-26(13-10-14)18-8-7-17-23-24-19(27(17)25-18)15-5-3-4-6-16(15)21/h3-8,14H,2,9-13H2,1H3,(H,22,28). The molecule has 146 valence electrons. The minimum Gasteiger partial charge on any atom is -0.356 e. The number of nitrogens with one attached hydrogen (secondary N) is 1. The lowest BCUT2D eigenvalue weighted by Gasteiger charge is -2.32. The van der Waals surface area contributed by atoms with Gasteiger partial charge >= 0.3 is 0 Å². The number of hydrogen-bond acceptors (Lipinski definition) is 5. The number of aromatic nitrogens is 4. The number of carbonyl (C=O) groups excluding carboxylic acids is 1. The Bertz CT molecular complexity index is 980. The number of carbonyl (C=O) groups is 1. The molecule has 0 spiro atoms. The summed E-state index contributed by atoms with van der Waals surface area (Å²) in [5.41, 5.74) is 1.47. The van der Waals surface area contributed by atoms with Crippen LogP contribution in [0.4, 0.5) is 5.82 Å². The van der Waals surface area contributed by atoms with Gasteiger partial charge < -0.3 is 10.2 Å². The van der Waals surface area contributed by atoms with E-state index in [1.807, 2.05) is 36.4 Å². The van der Waals surface area contributed by atoms with Crippen LogP contribution in [0.1, 0.15) is 26.2 Å². The Morgan fingerprint density at radius 1 is 1.18 bits per heavy atom. The Labute approximate surface area is 168 Å². The van der Waals surface area contributed by atoms with Crippen molar-refractivity contribution in [1.82, 2.24) is 25.1 Å². The van der Waals surface area contributed by atoms with E-state index in [4.69, 9.17) is 16.7 Å². The fourth-order valence-electron chi connectivity index (χ4n) is 3.52. The molecule has 3 heterocycles. The number of benzene rings is 1. The zero-order valence-electron chi connectivity index (χ0n) is 15.8. The number of nitrogens with zero attached hydrogens (tertiary/aromatic N) is 5. The third-order valence-electron chi connectivity index (χ3n) is 5.10. The first kappa shape index (κ1) is 18.7. The zero-order chi connectivity index (χ0) is 19.5. The highest BCUT2D eigenvalue weighted by Crippen LogP contribution is 2.27. The molecular formula is C20H23ClN6O. The second-order valence-electron chi connectivity index (χ2n) is 7.02. The van der Waals surface area contributed by atoms with E-state index in [0.29, 0.717) is 16.5 Å². The number of piperidine rings is 1. The SMILES string of the molecule is CCCNC(=O)C1CCN(c2ccc3nnc(-c4ccccc4Cl)n3n2)CC1. The van der Waals surface area contributed by atoms with Crippen molar-refractivity contribution in [2.75, 3.05) is 24.5 Å². The van der Waals surface area contributed by atoms with Gasteiger partial charge in [0.15, 0.2) is 11.5 Å². The monoisotopic (exact) mass is 398 g/mol. The highest BCUT2D eigenvalue weighted by molar-refractivity contribution is 6.33. The molecule has 28 heavy (non-hydrogen) atoms. The normalized spacial score (nSPS) is 15.1. The van der Waals surface area contributed by atoms with Crippen LogP contribution >= 0.6 is 11.6 Å². The minimum absolute atomic E-state index is 0.0835. The van der Waals surface area contributed by atoms with Gasteiger partial charge in [-0.25, -0.2) is 0 Å². The van der Waals surface area contributed by atoms with E-state index in [0.717, 1.165) is 50.3 Å². The van der Waals surface area contributed by atoms with Gasteiger partial charge in [-0.05, 0) is 43.5 Å². The Morgan fingerprint density at radius 2 is 1.96 bits per heavy atom. The van der Waals surface area contributed by atoms with Gasteiger partial charge in [-0.3, -0.25) is 4.79 Å². The molecule has 0 unspecified atom stereocenters. The maximum absolute atomic E-state index is 12.2. The number of anilines is 1. The number of fused-ring (bicyclic) bond motifs is 1. The molecule has 0 saturated carbocycles. The van der Waals surface area contributed by atoms with Crippen LogP contribution in [-0.2, 0) is 4.79 Å². The molecule has 0 atom stereocenters. The maximum atomic E-state index is 12.2. The quantitative estimate of drug-likeness (QED) is 0.714. The highest BCUT2D eigenvalue weighted by Gasteiger charge is 2.25. The molecule has 1 saturated heterocycles. The summed E-state index contributed by atoms with van der Waals surface area (Å²) in [6, 6.07) is 11.4. The number of halogens is 1. The molecule has 1 aromatic carbocycles. The summed E-state index contributed by atoms with van der Waals surface area (Å²) in [5, 5.41) is 16.8. The fraction of sp³-hybridized carbons (Fsp3) is 0.400. The van der Waals surface area contributed by atoms with Crippen LogP contribution in [0.25, 0.3) is 17.0 Å². The number of amides is 1. The van der Waals surface area contributed by atoms with Crippen molar-refractivity contribution in [1.29, 1.82) is 0 Å². The molecule has 7 nitrogen and oxygen atoms in total. The smallest absolute Gasteiger partial charge is 0.223 e. The molecule has 8 heteroatoms. The maximum Gasteiger partial charge on any atom is 0.223 e. The summed E-state index contributed by atoms with van der Waals surface area (Å²) in [5.74, 6) is 1.73. The lowest BCUT2D eigenvalue weighted by atomic mass is 9.96. The van der Waals surface area contributed by atoms with Crippen LogP contribution in [-0.4, -0.2) is 45.4 Å². The molecular weight excluding hydrogens is 376 g/mol. The van der Waals surface area contributed by atoms with Gasteiger partial charge in [0.2, 0.25) is 5.91 Å². The lowest BCUT2D eigenvalue weighted by Crippen LogP contribution is -2.41. The summed E-state index contributed by atoms with van der Waals surface area (Å²) in [6.07, 6.45) is 2.62. The van der Waals surface area contributed by atoms with Crippen molar-refractivity contribution in [2.45, 2.75) is 26.2 Å². The second-order valence-corrected chi connectivity index (χ2v) is 7.42. The second kappa shape index (κ2) is 8.14. The topological polar surface area (TPSA) is 75.4 Å². The van der Waals surface area contributed by atoms with Gasteiger partial charge in [0.05, 0.1) is 5.02 Å². The van der Waals surface area contributed by atoms with Gasteiger partial charge in [0.1, 0.15) is 5.82 Å². The van der Waals surface area contributed by atoms with E-state index in [1.54, 1.807) is 4.52 Å². The Kier molecular flexibility index (Phi) is 5.43. The molecule has 1 amide bonds. The van der Waals surface area contributed by atoms with Crippen LogP contribution in [0.3, 0.4) is 0 Å². The minimum atomic E-state index is 0.0835. The highest BCUT2D eigenvalue weighted by atomic mass is 35.5. The predicted molar refractivity (Wildman–Crippen MR) is 109 cm³/mol. The summed E-state index contributed by atoms with van der Waals surface area (Å²) in [6.45, 7) is 4.40. The van der Waals surface area contributed by atoms with Crippen molar-refractivity contribution in [3.8, 4) is 11.4 Å². The molecule has 3 aromatic rings. The third kappa shape index (κ3) is 3.67. The van der Waals surface area contributed by atoms with Crippen LogP contribution in [0.2, 0.25) is 5.02 Å². The average Bonchev–Trinajstić information content (AvgIpc) is 3.15. The van der Waals surface area contributed by atoms with E-state index in [2.05, 4.69) is 27.3 Å². The first-order chi connectivity index (χ1) is 13.7. The van der Waals surface area contributed by atoms with E-state index < -0.39 is 0 Å². The molecule has 1 aliphatic rings. The Balaban J connectivity index is 1.54. The van der Waals surface area contributed by atoms with Gasteiger partial charge in [0.25, 0.3) is 0 Å². The van der Waals surface area contributed by atoms with Crippen LogP contribution in [0, 0.1) is 5.92 Å². The third-order valence-corrected chi connectivity index (χ3v) is 5.43. The average molecular weight is 399 g/mol. The van der Waals surface area contributed by atoms with E-state index in [1.165, 1.54) is 0 Å². The number of rotatable bonds is 5. The van der Waals surface area contributed by atoms with Crippen molar-refractivity contribution in [3.05, 3.63) is 41.4 Å². The molecule has 2 aromatic heterocycles. The van der Waals surface area contributed by atoms with Gasteiger partial charge in [-0.1, -0.05) is 30.7 Å². The molecule has 1 N–H and O–H groups in total. The first-order valence-electron chi connectivity index (χ1n) is 9.67. The van der Waals surface area contributed by atoms with Crippen molar-refractivity contribution >= 4 is 29.0 Å². The fourth-order valence-corrected chi connectivity index (χ4v) is 3.74. The Morgan fingerprint density at radius 3 is 2.71 bits per heavy atom. The summed E-state index contributed by atoms with van der Waals surface area (Å²) < 4.78 is 1.73. The lowest BCUT2D eigenvalue weighted by molar-refractivity contribution is -0.125. The molecule has 0 radical (unpaired) electrons. The van der Waals surface area contributed by atoms with Crippen LogP contribution in [0.15, 0.2) is 36.4 Å². The summed E-state index contributed by atoms with van der Waals surface area (Å²) in [4.78, 5) is 14.4. The van der Waals surface area contributed by atoms with Crippen molar-refractivity contribution in [2.24, 2.45) is 5.92 Å². The van der Waals surface area contributed by atoms with E-state index >= 15 is 0 Å². The molecule has 4 rings (SSSR count). The van der Waals surface area contributed by atoms with E-state index in [9.17, 15) is 4.79 Å². The predicted octanol–water partition coefficient (Wildman–Crippen LogP) is 3.19. The zero-order valence-corrected chi connectivity index (χ0v) is 16.6.